The van der Waals surface area contributed by atoms with E-state index in [0.29, 0.717) is 13.1 Å². The minimum atomic E-state index is 0.00414. The summed E-state index contributed by atoms with van der Waals surface area (Å²) < 4.78 is 0. The lowest BCUT2D eigenvalue weighted by Crippen LogP contribution is -2.50. The highest BCUT2D eigenvalue weighted by molar-refractivity contribution is 5.94. The summed E-state index contributed by atoms with van der Waals surface area (Å²) in [6, 6.07) is 14.0. The normalized spacial score (nSPS) is 15.0. The molecule has 0 unspecified atom stereocenters. The van der Waals surface area contributed by atoms with Crippen molar-refractivity contribution in [2.24, 2.45) is 0 Å². The summed E-state index contributed by atoms with van der Waals surface area (Å²) in [5.41, 5.74) is 5.11. The Hall–Kier alpha value is -2.70. The SMILES string of the molecule is CCc1cccc(NC(=O)CN2CCN(CC(=O)Nc3c(C)cccc3C)CC2)c1. The second kappa shape index (κ2) is 10.4. The first kappa shape index (κ1) is 22.0. The molecular weight excluding hydrogens is 376 g/mol. The van der Waals surface area contributed by atoms with E-state index in [1.807, 2.05) is 50.2 Å². The zero-order valence-electron chi connectivity index (χ0n) is 18.2. The lowest BCUT2D eigenvalue weighted by Gasteiger charge is -2.33. The Morgan fingerprint density at radius 2 is 1.37 bits per heavy atom. The molecule has 0 atom stereocenters. The number of hydrogen-bond donors (Lipinski definition) is 2. The van der Waals surface area contributed by atoms with Gasteiger partial charge in [-0.3, -0.25) is 19.4 Å². The number of carbonyl (C=O) groups is 2. The molecule has 2 N–H and O–H groups in total. The number of para-hydroxylation sites is 1. The van der Waals surface area contributed by atoms with Gasteiger partial charge in [0.25, 0.3) is 0 Å². The van der Waals surface area contributed by atoms with Crippen molar-refractivity contribution in [3.8, 4) is 0 Å². The smallest absolute Gasteiger partial charge is 0.238 e. The van der Waals surface area contributed by atoms with Gasteiger partial charge in [-0.25, -0.2) is 0 Å². The lowest BCUT2D eigenvalue weighted by atomic mass is 10.1. The van der Waals surface area contributed by atoms with Gasteiger partial charge in [0.1, 0.15) is 0 Å². The molecule has 0 radical (unpaired) electrons. The van der Waals surface area contributed by atoms with Crippen LogP contribution in [0.25, 0.3) is 0 Å². The summed E-state index contributed by atoms with van der Waals surface area (Å²) in [4.78, 5) is 29.1. The summed E-state index contributed by atoms with van der Waals surface area (Å²) >= 11 is 0. The third-order valence-corrected chi connectivity index (χ3v) is 5.56. The van der Waals surface area contributed by atoms with E-state index < -0.39 is 0 Å². The number of nitrogens with one attached hydrogen (secondary N) is 2. The zero-order chi connectivity index (χ0) is 21.5. The maximum Gasteiger partial charge on any atom is 0.238 e. The maximum absolute atomic E-state index is 12.5. The van der Waals surface area contributed by atoms with Crippen LogP contribution in [0.2, 0.25) is 0 Å². The molecule has 0 saturated carbocycles. The van der Waals surface area contributed by atoms with E-state index in [9.17, 15) is 9.59 Å². The molecule has 3 rings (SSSR count). The summed E-state index contributed by atoms with van der Waals surface area (Å²) in [6.07, 6.45) is 0.947. The number of amides is 2. The highest BCUT2D eigenvalue weighted by Crippen LogP contribution is 2.19. The largest absolute Gasteiger partial charge is 0.325 e. The molecule has 1 aliphatic rings. The van der Waals surface area contributed by atoms with E-state index >= 15 is 0 Å². The fourth-order valence-electron chi connectivity index (χ4n) is 3.77. The van der Waals surface area contributed by atoms with Gasteiger partial charge in [-0.1, -0.05) is 37.3 Å². The van der Waals surface area contributed by atoms with Crippen LogP contribution in [0, 0.1) is 13.8 Å². The molecule has 2 amide bonds. The number of carbonyl (C=O) groups excluding carboxylic acids is 2. The van der Waals surface area contributed by atoms with E-state index in [1.54, 1.807) is 0 Å². The van der Waals surface area contributed by atoms with Gasteiger partial charge in [0.15, 0.2) is 0 Å². The van der Waals surface area contributed by atoms with Crippen molar-refractivity contribution in [1.82, 2.24) is 9.80 Å². The van der Waals surface area contributed by atoms with Gasteiger partial charge in [0.05, 0.1) is 13.1 Å². The number of nitrogens with zero attached hydrogens (tertiary/aromatic N) is 2. The number of anilines is 2. The highest BCUT2D eigenvalue weighted by atomic mass is 16.2. The van der Waals surface area contributed by atoms with Crippen molar-refractivity contribution >= 4 is 23.2 Å². The first-order valence-corrected chi connectivity index (χ1v) is 10.6. The van der Waals surface area contributed by atoms with Crippen LogP contribution in [-0.2, 0) is 16.0 Å². The van der Waals surface area contributed by atoms with Crippen molar-refractivity contribution in [2.75, 3.05) is 49.9 Å². The maximum atomic E-state index is 12.5. The third kappa shape index (κ3) is 6.15. The summed E-state index contributed by atoms with van der Waals surface area (Å²) in [5.74, 6) is 0.0128. The van der Waals surface area contributed by atoms with Crippen LogP contribution in [0.3, 0.4) is 0 Å². The van der Waals surface area contributed by atoms with Gasteiger partial charge in [-0.05, 0) is 49.1 Å². The van der Waals surface area contributed by atoms with Crippen LogP contribution < -0.4 is 10.6 Å². The van der Waals surface area contributed by atoms with E-state index in [1.165, 1.54) is 5.56 Å². The topological polar surface area (TPSA) is 64.7 Å². The number of aryl methyl sites for hydroxylation is 3. The molecule has 0 aromatic heterocycles. The number of benzene rings is 2. The Kier molecular flexibility index (Phi) is 7.60. The van der Waals surface area contributed by atoms with E-state index in [-0.39, 0.29) is 11.8 Å². The summed E-state index contributed by atoms with van der Waals surface area (Å²) in [7, 11) is 0. The standard InChI is InChI=1S/C24H32N4O2/c1-4-20-9-6-10-21(15-20)25-22(29)16-27-11-13-28(14-12-27)17-23(30)26-24-18(2)7-5-8-19(24)3/h5-10,15H,4,11-14,16-17H2,1-3H3,(H,25,29)(H,26,30). The van der Waals surface area contributed by atoms with Gasteiger partial charge in [-0.2, -0.15) is 0 Å². The van der Waals surface area contributed by atoms with Crippen LogP contribution >= 0.6 is 0 Å². The van der Waals surface area contributed by atoms with E-state index in [0.717, 1.165) is 55.1 Å². The predicted molar refractivity (Wildman–Crippen MR) is 122 cm³/mol. The van der Waals surface area contributed by atoms with Gasteiger partial charge >= 0.3 is 0 Å². The quantitative estimate of drug-likeness (QED) is 0.739. The first-order chi connectivity index (χ1) is 14.4. The minimum Gasteiger partial charge on any atom is -0.325 e. The molecule has 2 aromatic carbocycles. The summed E-state index contributed by atoms with van der Waals surface area (Å²) in [5, 5.41) is 6.03. The van der Waals surface area contributed by atoms with Crippen LogP contribution in [0.4, 0.5) is 11.4 Å². The van der Waals surface area contributed by atoms with Crippen molar-refractivity contribution in [3.63, 3.8) is 0 Å². The third-order valence-electron chi connectivity index (χ3n) is 5.56. The lowest BCUT2D eigenvalue weighted by molar-refractivity contribution is -0.120. The Balaban J connectivity index is 1.42. The van der Waals surface area contributed by atoms with Gasteiger partial charge in [0, 0.05) is 37.6 Å². The predicted octanol–water partition coefficient (Wildman–Crippen LogP) is 3.06. The van der Waals surface area contributed by atoms with Crippen molar-refractivity contribution in [2.45, 2.75) is 27.2 Å². The average molecular weight is 409 g/mol. The molecule has 160 valence electrons. The van der Waals surface area contributed by atoms with Crippen molar-refractivity contribution in [1.29, 1.82) is 0 Å². The molecular formula is C24H32N4O2. The molecule has 30 heavy (non-hydrogen) atoms. The van der Waals surface area contributed by atoms with Gasteiger partial charge in [0.2, 0.25) is 11.8 Å². The van der Waals surface area contributed by atoms with Gasteiger partial charge in [-0.15, -0.1) is 0 Å². The fraction of sp³-hybridized carbons (Fsp3) is 0.417. The second-order valence-corrected chi connectivity index (χ2v) is 7.97. The minimum absolute atomic E-state index is 0.00414. The Labute approximate surface area is 179 Å². The summed E-state index contributed by atoms with van der Waals surface area (Å²) in [6.45, 7) is 9.96. The average Bonchev–Trinajstić information content (AvgIpc) is 2.72. The number of hydrogen-bond acceptors (Lipinski definition) is 4. The Bertz CT molecular complexity index is 868. The zero-order valence-corrected chi connectivity index (χ0v) is 18.2. The van der Waals surface area contributed by atoms with E-state index in [4.69, 9.17) is 0 Å². The molecule has 1 heterocycles. The van der Waals surface area contributed by atoms with Crippen molar-refractivity contribution < 1.29 is 9.59 Å². The van der Waals surface area contributed by atoms with Crippen LogP contribution in [0.15, 0.2) is 42.5 Å². The van der Waals surface area contributed by atoms with Crippen LogP contribution in [0.5, 0.6) is 0 Å². The molecule has 1 fully saturated rings. The van der Waals surface area contributed by atoms with Crippen LogP contribution in [-0.4, -0.2) is 60.9 Å². The number of piperazine rings is 1. The van der Waals surface area contributed by atoms with E-state index in [2.05, 4.69) is 33.4 Å². The fourth-order valence-corrected chi connectivity index (χ4v) is 3.77. The number of rotatable bonds is 7. The first-order valence-electron chi connectivity index (χ1n) is 10.6. The van der Waals surface area contributed by atoms with Crippen LogP contribution in [0.1, 0.15) is 23.6 Å². The molecule has 1 aliphatic heterocycles. The monoisotopic (exact) mass is 408 g/mol. The molecule has 1 saturated heterocycles. The molecule has 0 bridgehead atoms. The molecule has 6 heteroatoms. The molecule has 0 spiro atoms. The molecule has 6 nitrogen and oxygen atoms in total. The highest BCUT2D eigenvalue weighted by Gasteiger charge is 2.21. The molecule has 0 aliphatic carbocycles. The van der Waals surface area contributed by atoms with Gasteiger partial charge < -0.3 is 10.6 Å². The molecule has 2 aromatic rings. The Morgan fingerprint density at radius 1 is 0.833 bits per heavy atom. The second-order valence-electron chi connectivity index (χ2n) is 7.97. The van der Waals surface area contributed by atoms with Crippen molar-refractivity contribution in [3.05, 3.63) is 59.2 Å². The Morgan fingerprint density at radius 3 is 1.93 bits per heavy atom.